The summed E-state index contributed by atoms with van der Waals surface area (Å²) in [5.74, 6) is 1.13. The van der Waals surface area contributed by atoms with E-state index in [4.69, 9.17) is 0 Å². The van der Waals surface area contributed by atoms with Crippen molar-refractivity contribution in [3.63, 3.8) is 0 Å². The van der Waals surface area contributed by atoms with E-state index in [1.165, 1.54) is 5.56 Å². The van der Waals surface area contributed by atoms with Crippen LogP contribution >= 0.6 is 0 Å². The van der Waals surface area contributed by atoms with Crippen molar-refractivity contribution in [1.29, 1.82) is 0 Å². The first-order chi connectivity index (χ1) is 9.01. The lowest BCUT2D eigenvalue weighted by Crippen LogP contribution is -2.28. The molecule has 0 saturated heterocycles. The minimum absolute atomic E-state index is 0.0546. The number of carbonyl (C=O) groups excluding carboxylic acids is 1. The van der Waals surface area contributed by atoms with Gasteiger partial charge in [-0.2, -0.15) is 5.10 Å². The van der Waals surface area contributed by atoms with Gasteiger partial charge in [-0.25, -0.2) is 0 Å². The van der Waals surface area contributed by atoms with Gasteiger partial charge in [0, 0.05) is 46.2 Å². The van der Waals surface area contributed by atoms with Crippen molar-refractivity contribution in [1.82, 2.24) is 20.4 Å². The fourth-order valence-electron chi connectivity index (χ4n) is 2.12. The maximum atomic E-state index is 11.3. The van der Waals surface area contributed by atoms with E-state index in [1.54, 1.807) is 7.05 Å². The molecule has 0 bridgehead atoms. The monoisotopic (exact) mass is 267 g/mol. The number of amides is 1. The van der Waals surface area contributed by atoms with E-state index in [-0.39, 0.29) is 5.91 Å². The molecule has 0 aliphatic carbocycles. The molecular weight excluding hydrogens is 242 g/mol. The Morgan fingerprint density at radius 3 is 2.74 bits per heavy atom. The predicted molar refractivity (Wildman–Crippen MR) is 77.3 cm³/mol. The highest BCUT2D eigenvalue weighted by molar-refractivity contribution is 5.76. The van der Waals surface area contributed by atoms with Gasteiger partial charge in [-0.15, -0.1) is 0 Å². The Bertz CT molecular complexity index is 427. The summed E-state index contributed by atoms with van der Waals surface area (Å²) >= 11 is 0. The largest absolute Gasteiger partial charge is 0.359 e. The van der Waals surface area contributed by atoms with Gasteiger partial charge in [0.25, 0.3) is 0 Å². The van der Waals surface area contributed by atoms with Crippen LogP contribution in [-0.2, 0) is 18.4 Å². The zero-order chi connectivity index (χ0) is 14.4. The molecular formula is C13H25N5O. The molecule has 0 aliphatic rings. The summed E-state index contributed by atoms with van der Waals surface area (Å²) in [6, 6.07) is 0. The Balaban J connectivity index is 2.82. The summed E-state index contributed by atoms with van der Waals surface area (Å²) in [7, 11) is 5.59. The molecule has 0 aromatic carbocycles. The van der Waals surface area contributed by atoms with Crippen LogP contribution in [0.25, 0.3) is 0 Å². The molecule has 2 N–H and O–H groups in total. The first-order valence-corrected chi connectivity index (χ1v) is 6.66. The fraction of sp³-hybridized carbons (Fsp3) is 0.692. The van der Waals surface area contributed by atoms with Gasteiger partial charge in [0.2, 0.25) is 5.91 Å². The summed E-state index contributed by atoms with van der Waals surface area (Å²) in [4.78, 5) is 13.4. The Morgan fingerprint density at radius 2 is 2.16 bits per heavy atom. The number of aryl methyl sites for hydroxylation is 2. The molecule has 1 aromatic rings. The van der Waals surface area contributed by atoms with Crippen molar-refractivity contribution < 1.29 is 4.79 Å². The normalized spacial score (nSPS) is 10.6. The molecule has 1 aromatic heterocycles. The lowest BCUT2D eigenvalue weighted by atomic mass is 10.2. The summed E-state index contributed by atoms with van der Waals surface area (Å²) in [6.45, 7) is 6.51. The number of hydrogen-bond acceptors (Lipinski definition) is 4. The third-order valence-electron chi connectivity index (χ3n) is 3.18. The van der Waals surface area contributed by atoms with Gasteiger partial charge in [0.05, 0.1) is 5.69 Å². The molecule has 0 fully saturated rings. The SMILES string of the molecule is CCNCc1c(C)nn(C)c1N(C)CCC(=O)NC. The van der Waals surface area contributed by atoms with E-state index < -0.39 is 0 Å². The molecule has 1 heterocycles. The van der Waals surface area contributed by atoms with Gasteiger partial charge in [-0.05, 0) is 13.5 Å². The second kappa shape index (κ2) is 7.13. The van der Waals surface area contributed by atoms with Crippen LogP contribution in [0.1, 0.15) is 24.6 Å². The van der Waals surface area contributed by atoms with Gasteiger partial charge >= 0.3 is 0 Å². The van der Waals surface area contributed by atoms with Crippen molar-refractivity contribution in [3.05, 3.63) is 11.3 Å². The second-order valence-corrected chi connectivity index (χ2v) is 4.64. The number of hydrogen-bond donors (Lipinski definition) is 2. The molecule has 0 aliphatic heterocycles. The summed E-state index contributed by atoms with van der Waals surface area (Å²) in [5.41, 5.74) is 2.23. The summed E-state index contributed by atoms with van der Waals surface area (Å²) < 4.78 is 1.88. The van der Waals surface area contributed by atoms with Crippen LogP contribution in [0.5, 0.6) is 0 Å². The van der Waals surface area contributed by atoms with Crippen molar-refractivity contribution in [2.75, 3.05) is 32.1 Å². The van der Waals surface area contributed by atoms with Crippen molar-refractivity contribution in [2.45, 2.75) is 26.8 Å². The number of carbonyl (C=O) groups is 1. The number of nitrogens with one attached hydrogen (secondary N) is 2. The smallest absolute Gasteiger partial charge is 0.221 e. The molecule has 0 saturated carbocycles. The molecule has 0 radical (unpaired) electrons. The van der Waals surface area contributed by atoms with Crippen LogP contribution in [0.2, 0.25) is 0 Å². The van der Waals surface area contributed by atoms with Gasteiger partial charge in [0.15, 0.2) is 0 Å². The lowest BCUT2D eigenvalue weighted by molar-refractivity contribution is -0.120. The highest BCUT2D eigenvalue weighted by Crippen LogP contribution is 2.22. The third-order valence-corrected chi connectivity index (χ3v) is 3.18. The van der Waals surface area contributed by atoms with E-state index in [1.807, 2.05) is 25.7 Å². The first kappa shape index (κ1) is 15.5. The number of nitrogens with zero attached hydrogens (tertiary/aromatic N) is 3. The van der Waals surface area contributed by atoms with Crippen LogP contribution < -0.4 is 15.5 Å². The molecule has 6 heteroatoms. The van der Waals surface area contributed by atoms with Gasteiger partial charge in [0.1, 0.15) is 5.82 Å². The Labute approximate surface area is 115 Å². The summed E-state index contributed by atoms with van der Waals surface area (Å²) in [6.07, 6.45) is 0.484. The fourth-order valence-corrected chi connectivity index (χ4v) is 2.12. The van der Waals surface area contributed by atoms with Crippen molar-refractivity contribution >= 4 is 11.7 Å². The van der Waals surface area contributed by atoms with Gasteiger partial charge in [-0.3, -0.25) is 9.48 Å². The number of anilines is 1. The Kier molecular flexibility index (Phi) is 5.82. The molecule has 19 heavy (non-hydrogen) atoms. The van der Waals surface area contributed by atoms with Crippen LogP contribution in [-0.4, -0.2) is 42.9 Å². The zero-order valence-electron chi connectivity index (χ0n) is 12.6. The molecule has 0 spiro atoms. The quantitative estimate of drug-likeness (QED) is 0.751. The van der Waals surface area contributed by atoms with E-state index in [0.29, 0.717) is 13.0 Å². The van der Waals surface area contributed by atoms with Gasteiger partial charge < -0.3 is 15.5 Å². The van der Waals surface area contributed by atoms with Gasteiger partial charge in [-0.1, -0.05) is 6.92 Å². The van der Waals surface area contributed by atoms with Crippen molar-refractivity contribution in [2.24, 2.45) is 7.05 Å². The van der Waals surface area contributed by atoms with E-state index in [9.17, 15) is 4.79 Å². The molecule has 108 valence electrons. The molecule has 6 nitrogen and oxygen atoms in total. The van der Waals surface area contributed by atoms with Crippen molar-refractivity contribution in [3.8, 4) is 0 Å². The van der Waals surface area contributed by atoms with E-state index >= 15 is 0 Å². The molecule has 0 unspecified atom stereocenters. The average molecular weight is 267 g/mol. The molecule has 1 amide bonds. The number of aromatic nitrogens is 2. The maximum absolute atomic E-state index is 11.3. The standard InChI is InChI=1S/C13H25N5O/c1-6-15-9-11-10(2)16-18(5)13(11)17(4)8-7-12(19)14-3/h15H,6-9H2,1-5H3,(H,14,19). The first-order valence-electron chi connectivity index (χ1n) is 6.66. The number of rotatable bonds is 7. The van der Waals surface area contributed by atoms with Crippen LogP contribution in [0.3, 0.4) is 0 Å². The highest BCUT2D eigenvalue weighted by Gasteiger charge is 2.16. The third kappa shape index (κ3) is 3.96. The van der Waals surface area contributed by atoms with Crippen LogP contribution in [0, 0.1) is 6.92 Å². The maximum Gasteiger partial charge on any atom is 0.221 e. The minimum Gasteiger partial charge on any atom is -0.359 e. The molecule has 1 rings (SSSR count). The average Bonchev–Trinajstić information content (AvgIpc) is 2.67. The minimum atomic E-state index is 0.0546. The lowest BCUT2D eigenvalue weighted by Gasteiger charge is -2.21. The van der Waals surface area contributed by atoms with E-state index in [0.717, 1.165) is 24.6 Å². The Hall–Kier alpha value is -1.56. The highest BCUT2D eigenvalue weighted by atomic mass is 16.1. The second-order valence-electron chi connectivity index (χ2n) is 4.64. The molecule has 0 atom stereocenters. The van der Waals surface area contributed by atoms with Crippen LogP contribution in [0.15, 0.2) is 0 Å². The Morgan fingerprint density at radius 1 is 1.47 bits per heavy atom. The summed E-state index contributed by atoms with van der Waals surface area (Å²) in [5, 5.41) is 10.4. The van der Waals surface area contributed by atoms with Crippen LogP contribution in [0.4, 0.5) is 5.82 Å². The topological polar surface area (TPSA) is 62.2 Å². The predicted octanol–water partition coefficient (Wildman–Crippen LogP) is 0.410. The zero-order valence-corrected chi connectivity index (χ0v) is 12.6. The van der Waals surface area contributed by atoms with E-state index in [2.05, 4.69) is 27.6 Å².